The van der Waals surface area contributed by atoms with Gasteiger partial charge in [0, 0.05) is 17.2 Å². The number of nitrogens with two attached hydrogens (primary N) is 1. The number of nitrogens with zero attached hydrogens (tertiary/aromatic N) is 2. The van der Waals surface area contributed by atoms with Crippen LogP contribution in [0, 0.1) is 0 Å². The maximum absolute atomic E-state index is 11.4. The van der Waals surface area contributed by atoms with E-state index in [2.05, 4.69) is 20.5 Å². The van der Waals surface area contributed by atoms with Gasteiger partial charge >= 0.3 is 0 Å². The molecule has 0 fully saturated rings. The van der Waals surface area contributed by atoms with Gasteiger partial charge in [-0.15, -0.1) is 0 Å². The Bertz CT molecular complexity index is 884. The number of nitrogens with one attached hydrogen (secondary N) is 2. The Hall–Kier alpha value is -2.46. The average molecular weight is 309 g/mol. The maximum Gasteiger partial charge on any atom is 0.269 e. The van der Waals surface area contributed by atoms with Crippen LogP contribution in [-0.4, -0.2) is 42.0 Å². The predicted molar refractivity (Wildman–Crippen MR) is 75.9 cm³/mol. The summed E-state index contributed by atoms with van der Waals surface area (Å²) in [6.07, 6.45) is 1.50. The molecular formula is C11H11N5O4S. The van der Waals surface area contributed by atoms with Gasteiger partial charge in [0.1, 0.15) is 23.6 Å². The van der Waals surface area contributed by atoms with E-state index in [4.69, 9.17) is 10.3 Å². The quantitative estimate of drug-likeness (QED) is 0.579. The summed E-state index contributed by atoms with van der Waals surface area (Å²) >= 11 is 0. The Morgan fingerprint density at radius 2 is 2.24 bits per heavy atom. The number of amides is 1. The molecule has 2 aromatic rings. The number of anilines is 1. The molecule has 0 saturated carbocycles. The predicted octanol–water partition coefficient (Wildman–Crippen LogP) is -0.149. The van der Waals surface area contributed by atoms with Crippen LogP contribution in [0.3, 0.4) is 0 Å². The molecule has 2 heterocycles. The Balaban J connectivity index is 2.34. The summed E-state index contributed by atoms with van der Waals surface area (Å²) in [6.45, 7) is 0.302. The first kappa shape index (κ1) is 13.5. The second-order valence-electron chi connectivity index (χ2n) is 4.56. The van der Waals surface area contributed by atoms with E-state index in [1.165, 1.54) is 12.3 Å². The smallest absolute Gasteiger partial charge is 0.269 e. The summed E-state index contributed by atoms with van der Waals surface area (Å²) in [5, 5.41) is 9.93. The molecule has 1 aliphatic rings. The van der Waals surface area contributed by atoms with Gasteiger partial charge in [0.2, 0.25) is 0 Å². The fourth-order valence-corrected chi connectivity index (χ4v) is 2.95. The molecule has 0 unspecified atom stereocenters. The van der Waals surface area contributed by atoms with Crippen molar-refractivity contribution in [3.8, 4) is 0 Å². The number of carbonyl (C=O) groups is 1. The number of aliphatic imine (C=N–C) groups is 1. The highest BCUT2D eigenvalue weighted by atomic mass is 32.2. The lowest BCUT2D eigenvalue weighted by Crippen LogP contribution is -2.14. The number of benzene rings is 1. The molecule has 10 heteroatoms. The minimum Gasteiger partial charge on any atom is -0.364 e. The SMILES string of the molecule is NC(=O)c1[nH]nc2c3c(c(CS(=O)(=O)O)cc12)C=NCN3. The van der Waals surface area contributed by atoms with E-state index >= 15 is 0 Å². The van der Waals surface area contributed by atoms with Crippen molar-refractivity contribution in [3.63, 3.8) is 0 Å². The Morgan fingerprint density at radius 1 is 1.48 bits per heavy atom. The van der Waals surface area contributed by atoms with Crippen LogP contribution < -0.4 is 11.1 Å². The lowest BCUT2D eigenvalue weighted by molar-refractivity contribution is 0.0997. The zero-order valence-electron chi connectivity index (χ0n) is 10.6. The molecule has 3 rings (SSSR count). The van der Waals surface area contributed by atoms with E-state index in [-0.39, 0.29) is 5.69 Å². The largest absolute Gasteiger partial charge is 0.364 e. The zero-order chi connectivity index (χ0) is 15.2. The van der Waals surface area contributed by atoms with Crippen molar-refractivity contribution >= 4 is 38.8 Å². The fraction of sp³-hybridized carbons (Fsp3) is 0.182. The number of fused-ring (bicyclic) bond motifs is 3. The van der Waals surface area contributed by atoms with E-state index in [0.29, 0.717) is 34.4 Å². The number of hydrogen-bond acceptors (Lipinski definition) is 6. The maximum atomic E-state index is 11.4. The summed E-state index contributed by atoms with van der Waals surface area (Å²) in [5.41, 5.74) is 7.15. The molecule has 9 nitrogen and oxygen atoms in total. The first-order chi connectivity index (χ1) is 9.87. The third-order valence-electron chi connectivity index (χ3n) is 3.13. The van der Waals surface area contributed by atoms with Crippen LogP contribution in [-0.2, 0) is 15.9 Å². The van der Waals surface area contributed by atoms with Crippen LogP contribution in [0.25, 0.3) is 10.9 Å². The highest BCUT2D eigenvalue weighted by Crippen LogP contribution is 2.32. The molecule has 0 bridgehead atoms. The van der Waals surface area contributed by atoms with Crippen molar-refractivity contribution in [2.24, 2.45) is 10.7 Å². The minimum absolute atomic E-state index is 0.0775. The van der Waals surface area contributed by atoms with Crippen LogP contribution in [0.4, 0.5) is 5.69 Å². The fourth-order valence-electron chi connectivity index (χ4n) is 2.31. The molecule has 0 spiro atoms. The summed E-state index contributed by atoms with van der Waals surface area (Å²) in [7, 11) is -4.23. The van der Waals surface area contributed by atoms with Gasteiger partial charge in [0.05, 0.1) is 5.69 Å². The van der Waals surface area contributed by atoms with Crippen molar-refractivity contribution in [1.82, 2.24) is 10.2 Å². The monoisotopic (exact) mass is 309 g/mol. The van der Waals surface area contributed by atoms with Crippen LogP contribution >= 0.6 is 0 Å². The molecule has 5 N–H and O–H groups in total. The Kier molecular flexibility index (Phi) is 2.92. The third kappa shape index (κ3) is 2.34. The molecule has 1 amide bonds. The number of rotatable bonds is 3. The number of carbonyl (C=O) groups excluding carboxylic acids is 1. The lowest BCUT2D eigenvalue weighted by atomic mass is 10.0. The molecular weight excluding hydrogens is 298 g/mol. The van der Waals surface area contributed by atoms with Gasteiger partial charge in [-0.3, -0.25) is 19.4 Å². The van der Waals surface area contributed by atoms with Crippen molar-refractivity contribution in [2.45, 2.75) is 5.75 Å². The van der Waals surface area contributed by atoms with Crippen molar-refractivity contribution in [2.75, 3.05) is 12.0 Å². The lowest BCUT2D eigenvalue weighted by Gasteiger charge is -2.16. The van der Waals surface area contributed by atoms with Crippen molar-refractivity contribution in [3.05, 3.63) is 22.9 Å². The van der Waals surface area contributed by atoms with E-state index in [1.807, 2.05) is 0 Å². The third-order valence-corrected chi connectivity index (χ3v) is 3.80. The first-order valence-corrected chi connectivity index (χ1v) is 7.50. The topological polar surface area (TPSA) is 151 Å². The summed E-state index contributed by atoms with van der Waals surface area (Å²) in [4.78, 5) is 15.4. The number of primary amides is 1. The summed E-state index contributed by atoms with van der Waals surface area (Å²) in [6, 6.07) is 1.46. The number of H-pyrrole nitrogens is 1. The number of aromatic amines is 1. The minimum atomic E-state index is -4.23. The zero-order valence-corrected chi connectivity index (χ0v) is 11.4. The van der Waals surface area contributed by atoms with Crippen LogP contribution in [0.1, 0.15) is 21.6 Å². The number of hydrogen-bond donors (Lipinski definition) is 4. The van der Waals surface area contributed by atoms with E-state index < -0.39 is 21.8 Å². The van der Waals surface area contributed by atoms with Crippen molar-refractivity contribution in [1.29, 1.82) is 0 Å². The molecule has 0 radical (unpaired) electrons. The van der Waals surface area contributed by atoms with Crippen molar-refractivity contribution < 1.29 is 17.8 Å². The van der Waals surface area contributed by atoms with Gasteiger partial charge in [-0.2, -0.15) is 13.5 Å². The number of aromatic nitrogens is 2. The molecule has 0 aliphatic carbocycles. The molecule has 21 heavy (non-hydrogen) atoms. The molecule has 1 aromatic heterocycles. The van der Waals surface area contributed by atoms with Crippen LogP contribution in [0.15, 0.2) is 11.1 Å². The molecule has 0 saturated heterocycles. The Labute approximate surface area is 119 Å². The standard InChI is InChI=1S/C11H11N5O4S/c12-11(17)10-6-1-5(3-21(18,19)20)7-2-13-4-14-8(7)9(6)15-16-10/h1-2,14H,3-4H2,(H2,12,17)(H,15,16)(H,18,19,20). The average Bonchev–Trinajstić information content (AvgIpc) is 2.81. The Morgan fingerprint density at radius 3 is 2.90 bits per heavy atom. The molecule has 1 aliphatic heterocycles. The van der Waals surface area contributed by atoms with Crippen LogP contribution in [0.5, 0.6) is 0 Å². The normalized spacial score (nSPS) is 14.0. The van der Waals surface area contributed by atoms with Gasteiger partial charge in [0.15, 0.2) is 0 Å². The van der Waals surface area contributed by atoms with Gasteiger partial charge in [-0.25, -0.2) is 0 Å². The second-order valence-corrected chi connectivity index (χ2v) is 6.01. The van der Waals surface area contributed by atoms with E-state index in [9.17, 15) is 13.2 Å². The van der Waals surface area contributed by atoms with Gasteiger partial charge in [-0.05, 0) is 11.6 Å². The molecule has 1 aromatic carbocycles. The van der Waals surface area contributed by atoms with Gasteiger partial charge < -0.3 is 11.1 Å². The second kappa shape index (κ2) is 4.53. The van der Waals surface area contributed by atoms with E-state index in [0.717, 1.165) is 0 Å². The van der Waals surface area contributed by atoms with E-state index in [1.54, 1.807) is 0 Å². The highest BCUT2D eigenvalue weighted by molar-refractivity contribution is 7.85. The van der Waals surface area contributed by atoms with Gasteiger partial charge in [-0.1, -0.05) is 0 Å². The highest BCUT2D eigenvalue weighted by Gasteiger charge is 2.22. The first-order valence-electron chi connectivity index (χ1n) is 5.89. The summed E-state index contributed by atoms with van der Waals surface area (Å²) < 4.78 is 31.4. The van der Waals surface area contributed by atoms with Crippen LogP contribution in [0.2, 0.25) is 0 Å². The summed E-state index contributed by atoms with van der Waals surface area (Å²) in [5.74, 6) is -1.30. The molecule has 110 valence electrons. The molecule has 0 atom stereocenters. The van der Waals surface area contributed by atoms with Gasteiger partial charge in [0.25, 0.3) is 16.0 Å².